The van der Waals surface area contributed by atoms with Crippen LogP contribution in [0.5, 0.6) is 0 Å². The Labute approximate surface area is 191 Å². The van der Waals surface area contributed by atoms with Gasteiger partial charge in [0.25, 0.3) is 5.91 Å². The number of nitrogens with zero attached hydrogens (tertiary/aromatic N) is 4. The summed E-state index contributed by atoms with van der Waals surface area (Å²) in [7, 11) is 3.43. The highest BCUT2D eigenvalue weighted by molar-refractivity contribution is 5.97. The summed E-state index contributed by atoms with van der Waals surface area (Å²) in [6.45, 7) is 6.48. The first-order valence-corrected chi connectivity index (χ1v) is 11.1. The number of pyridine rings is 1. The summed E-state index contributed by atoms with van der Waals surface area (Å²) < 4.78 is 30.8. The van der Waals surface area contributed by atoms with Crippen molar-refractivity contribution in [2.24, 2.45) is 5.92 Å². The minimum absolute atomic E-state index is 0.0177. The summed E-state index contributed by atoms with van der Waals surface area (Å²) >= 11 is 0. The van der Waals surface area contributed by atoms with Gasteiger partial charge in [-0.2, -0.15) is 5.10 Å². The predicted molar refractivity (Wildman–Crippen MR) is 122 cm³/mol. The highest BCUT2D eigenvalue weighted by Crippen LogP contribution is 2.35. The highest BCUT2D eigenvalue weighted by atomic mass is 19.1. The molecule has 0 N–H and O–H groups in total. The van der Waals surface area contributed by atoms with Gasteiger partial charge in [-0.3, -0.25) is 9.59 Å². The Morgan fingerprint density at radius 2 is 1.76 bits per heavy atom. The quantitative estimate of drug-likeness (QED) is 0.592. The van der Waals surface area contributed by atoms with Gasteiger partial charge in [0.2, 0.25) is 5.91 Å². The number of rotatable bonds is 4. The molecule has 3 aromatic rings. The van der Waals surface area contributed by atoms with Gasteiger partial charge in [-0.25, -0.2) is 13.3 Å². The number of fused-ring (bicyclic) bond motifs is 1. The van der Waals surface area contributed by atoms with E-state index >= 15 is 0 Å². The molecule has 2 amide bonds. The maximum Gasteiger partial charge on any atom is 0.255 e. The molecule has 33 heavy (non-hydrogen) atoms. The Bertz CT molecular complexity index is 1230. The average Bonchev–Trinajstić information content (AvgIpc) is 3.36. The summed E-state index contributed by atoms with van der Waals surface area (Å²) in [4.78, 5) is 29.1. The van der Waals surface area contributed by atoms with Gasteiger partial charge in [-0.1, -0.05) is 19.9 Å². The second-order valence-electron chi connectivity index (χ2n) is 9.11. The van der Waals surface area contributed by atoms with Crippen LogP contribution >= 0.6 is 0 Å². The van der Waals surface area contributed by atoms with E-state index in [1.54, 1.807) is 47.5 Å². The van der Waals surface area contributed by atoms with E-state index in [9.17, 15) is 18.4 Å². The van der Waals surface area contributed by atoms with Crippen LogP contribution in [-0.4, -0.2) is 58.4 Å². The van der Waals surface area contributed by atoms with Gasteiger partial charge in [-0.05, 0) is 43.5 Å². The standard InChI is InChI=1S/C25H28F2N4O2/c1-14(2)23-17(25(33)30-12-11-16(13-30)24(32)29(4)5)9-10-20-21(15(3)28-31(20)23)22-18(26)7-6-8-19(22)27/h6-10,14,16H,11-13H2,1-5H3/t16-/m1/s1. The first-order valence-electron chi connectivity index (χ1n) is 11.1. The van der Waals surface area contributed by atoms with Gasteiger partial charge in [0, 0.05) is 32.7 Å². The molecule has 0 aliphatic carbocycles. The van der Waals surface area contributed by atoms with Gasteiger partial charge in [-0.15, -0.1) is 0 Å². The fourth-order valence-electron chi connectivity index (χ4n) is 4.71. The Balaban J connectivity index is 1.80. The second kappa shape index (κ2) is 8.57. The van der Waals surface area contributed by atoms with E-state index in [0.29, 0.717) is 47.5 Å². The molecule has 174 valence electrons. The number of carbonyl (C=O) groups excluding carboxylic acids is 2. The van der Waals surface area contributed by atoms with Crippen LogP contribution in [0.3, 0.4) is 0 Å². The zero-order valence-corrected chi connectivity index (χ0v) is 19.5. The Hall–Kier alpha value is -3.29. The van der Waals surface area contributed by atoms with Gasteiger partial charge in [0.1, 0.15) is 11.6 Å². The van der Waals surface area contributed by atoms with E-state index in [1.165, 1.54) is 18.2 Å². The van der Waals surface area contributed by atoms with Crippen molar-refractivity contribution < 1.29 is 18.4 Å². The SMILES string of the molecule is Cc1nn2c(C(C)C)c(C(=O)N3CC[C@@H](C(=O)N(C)C)C3)ccc2c1-c1c(F)cccc1F. The molecule has 2 aromatic heterocycles. The zero-order chi connectivity index (χ0) is 24.0. The first kappa shape index (κ1) is 22.9. The van der Waals surface area contributed by atoms with Crippen molar-refractivity contribution in [3.63, 3.8) is 0 Å². The lowest BCUT2D eigenvalue weighted by atomic mass is 9.99. The third-order valence-corrected chi connectivity index (χ3v) is 6.26. The minimum atomic E-state index is -0.659. The summed E-state index contributed by atoms with van der Waals surface area (Å²) in [5.74, 6) is -1.75. The summed E-state index contributed by atoms with van der Waals surface area (Å²) in [6.07, 6.45) is 0.625. The Morgan fingerprint density at radius 3 is 2.36 bits per heavy atom. The molecule has 0 spiro atoms. The van der Waals surface area contributed by atoms with Crippen LogP contribution in [0.2, 0.25) is 0 Å². The molecule has 0 unspecified atom stereocenters. The molecule has 0 saturated carbocycles. The molecule has 1 atom stereocenters. The van der Waals surface area contributed by atoms with Crippen molar-refractivity contribution in [2.75, 3.05) is 27.2 Å². The van der Waals surface area contributed by atoms with E-state index in [1.807, 2.05) is 13.8 Å². The van der Waals surface area contributed by atoms with Crippen LogP contribution in [0.15, 0.2) is 30.3 Å². The van der Waals surface area contributed by atoms with E-state index in [0.717, 1.165) is 0 Å². The number of hydrogen-bond donors (Lipinski definition) is 0. The number of halogens is 2. The molecule has 3 heterocycles. The maximum atomic E-state index is 14.6. The highest BCUT2D eigenvalue weighted by Gasteiger charge is 2.34. The second-order valence-corrected chi connectivity index (χ2v) is 9.11. The molecule has 1 aromatic carbocycles. The van der Waals surface area contributed by atoms with E-state index in [2.05, 4.69) is 5.10 Å². The molecular weight excluding hydrogens is 426 g/mol. The fourth-order valence-corrected chi connectivity index (χ4v) is 4.71. The lowest BCUT2D eigenvalue weighted by Gasteiger charge is -2.21. The number of carbonyl (C=O) groups is 2. The van der Waals surface area contributed by atoms with Crippen LogP contribution < -0.4 is 0 Å². The molecule has 1 saturated heterocycles. The number of aromatic nitrogens is 2. The molecule has 1 aliphatic heterocycles. The Kier molecular flexibility index (Phi) is 5.95. The normalized spacial score (nSPS) is 16.1. The number of amides is 2. The van der Waals surface area contributed by atoms with E-state index in [-0.39, 0.29) is 29.2 Å². The molecular formula is C25H28F2N4O2. The molecule has 8 heteroatoms. The van der Waals surface area contributed by atoms with Crippen molar-refractivity contribution in [3.05, 3.63) is 58.9 Å². The van der Waals surface area contributed by atoms with Crippen LogP contribution in [-0.2, 0) is 4.79 Å². The summed E-state index contributed by atoms with van der Waals surface area (Å²) in [6, 6.07) is 7.18. The number of likely N-dealkylation sites (tertiary alicyclic amines) is 1. The minimum Gasteiger partial charge on any atom is -0.349 e. The number of hydrogen-bond acceptors (Lipinski definition) is 3. The molecule has 0 bridgehead atoms. The van der Waals surface area contributed by atoms with Crippen LogP contribution in [0, 0.1) is 24.5 Å². The van der Waals surface area contributed by atoms with Crippen LogP contribution in [0.1, 0.15) is 47.9 Å². The number of aryl methyl sites for hydroxylation is 1. The molecule has 0 radical (unpaired) electrons. The van der Waals surface area contributed by atoms with Gasteiger partial charge in [0.15, 0.2) is 0 Å². The lowest BCUT2D eigenvalue weighted by molar-refractivity contribution is -0.132. The maximum absolute atomic E-state index is 14.6. The van der Waals surface area contributed by atoms with Crippen molar-refractivity contribution in [1.29, 1.82) is 0 Å². The Morgan fingerprint density at radius 1 is 1.09 bits per heavy atom. The molecule has 1 aliphatic rings. The van der Waals surface area contributed by atoms with Gasteiger partial charge in [0.05, 0.1) is 33.9 Å². The smallest absolute Gasteiger partial charge is 0.255 e. The lowest BCUT2D eigenvalue weighted by Crippen LogP contribution is -2.34. The average molecular weight is 455 g/mol. The van der Waals surface area contributed by atoms with Crippen molar-refractivity contribution >= 4 is 17.3 Å². The summed E-state index contributed by atoms with van der Waals surface area (Å²) in [5.41, 5.74) is 2.43. The molecule has 1 fully saturated rings. The third-order valence-electron chi connectivity index (χ3n) is 6.26. The zero-order valence-electron chi connectivity index (χ0n) is 19.5. The summed E-state index contributed by atoms with van der Waals surface area (Å²) in [5, 5.41) is 4.58. The van der Waals surface area contributed by atoms with Crippen molar-refractivity contribution in [1.82, 2.24) is 19.4 Å². The molecule has 6 nitrogen and oxygen atoms in total. The van der Waals surface area contributed by atoms with E-state index < -0.39 is 11.6 Å². The third kappa shape index (κ3) is 3.87. The van der Waals surface area contributed by atoms with Gasteiger partial charge < -0.3 is 9.80 Å². The van der Waals surface area contributed by atoms with E-state index in [4.69, 9.17) is 0 Å². The molecule has 4 rings (SSSR count). The van der Waals surface area contributed by atoms with Gasteiger partial charge >= 0.3 is 0 Å². The first-order chi connectivity index (χ1) is 15.6. The van der Waals surface area contributed by atoms with Crippen LogP contribution in [0.4, 0.5) is 8.78 Å². The fraction of sp³-hybridized carbons (Fsp3) is 0.400. The van der Waals surface area contributed by atoms with Crippen molar-refractivity contribution in [2.45, 2.75) is 33.1 Å². The largest absolute Gasteiger partial charge is 0.349 e. The number of benzene rings is 1. The van der Waals surface area contributed by atoms with Crippen LogP contribution in [0.25, 0.3) is 16.6 Å². The van der Waals surface area contributed by atoms with Crippen molar-refractivity contribution in [3.8, 4) is 11.1 Å². The monoisotopic (exact) mass is 454 g/mol. The predicted octanol–water partition coefficient (Wildman–Crippen LogP) is 4.26. The topological polar surface area (TPSA) is 57.9 Å².